The van der Waals surface area contributed by atoms with Gasteiger partial charge in [-0.25, -0.2) is 9.67 Å². The molecular formula is C17H29N5O2. The van der Waals surface area contributed by atoms with Crippen LogP contribution >= 0.6 is 0 Å². The Morgan fingerprint density at radius 3 is 3.04 bits per heavy atom. The van der Waals surface area contributed by atoms with Crippen molar-refractivity contribution in [2.75, 3.05) is 19.7 Å². The van der Waals surface area contributed by atoms with Gasteiger partial charge >= 0.3 is 0 Å². The fourth-order valence-corrected chi connectivity index (χ4v) is 3.49. The fraction of sp³-hybridized carbons (Fsp3) is 0.824. The number of aromatic nitrogens is 3. The molecule has 2 N–H and O–H groups in total. The summed E-state index contributed by atoms with van der Waals surface area (Å²) >= 11 is 0. The molecule has 1 aromatic rings. The molecule has 0 saturated heterocycles. The predicted molar refractivity (Wildman–Crippen MR) is 90.6 cm³/mol. The van der Waals surface area contributed by atoms with Crippen molar-refractivity contribution < 1.29 is 9.53 Å². The Morgan fingerprint density at radius 1 is 1.29 bits per heavy atom. The second-order valence-electron chi connectivity index (χ2n) is 6.81. The molecule has 0 aromatic carbocycles. The molecule has 24 heavy (non-hydrogen) atoms. The van der Waals surface area contributed by atoms with Crippen molar-refractivity contribution in [1.82, 2.24) is 25.4 Å². The molecule has 1 amide bonds. The van der Waals surface area contributed by atoms with Gasteiger partial charge in [-0.05, 0) is 25.7 Å². The summed E-state index contributed by atoms with van der Waals surface area (Å²) in [6.45, 7) is 2.58. The Balaban J connectivity index is 1.21. The van der Waals surface area contributed by atoms with Gasteiger partial charge in [0.05, 0.1) is 19.2 Å². The lowest BCUT2D eigenvalue weighted by atomic mass is 9.98. The van der Waals surface area contributed by atoms with Gasteiger partial charge in [-0.15, -0.1) is 0 Å². The van der Waals surface area contributed by atoms with E-state index < -0.39 is 0 Å². The van der Waals surface area contributed by atoms with Crippen LogP contribution in [0, 0.1) is 0 Å². The van der Waals surface area contributed by atoms with E-state index in [1.54, 1.807) is 6.33 Å². The van der Waals surface area contributed by atoms with Crippen molar-refractivity contribution in [3.63, 3.8) is 0 Å². The van der Waals surface area contributed by atoms with E-state index in [-0.39, 0.29) is 5.91 Å². The molecule has 0 radical (unpaired) electrons. The first-order valence-electron chi connectivity index (χ1n) is 9.29. The Labute approximate surface area is 143 Å². The van der Waals surface area contributed by atoms with E-state index in [1.807, 2.05) is 4.68 Å². The van der Waals surface area contributed by atoms with E-state index in [4.69, 9.17) is 4.74 Å². The van der Waals surface area contributed by atoms with Crippen molar-refractivity contribution in [2.45, 2.75) is 70.1 Å². The van der Waals surface area contributed by atoms with Crippen LogP contribution in [0.3, 0.4) is 0 Å². The zero-order chi connectivity index (χ0) is 16.6. The highest BCUT2D eigenvalue weighted by atomic mass is 16.5. The molecule has 0 unspecified atom stereocenters. The van der Waals surface area contributed by atoms with Crippen LogP contribution in [-0.2, 0) is 22.5 Å². The Hall–Kier alpha value is -1.47. The quantitative estimate of drug-likeness (QED) is 0.694. The van der Waals surface area contributed by atoms with E-state index >= 15 is 0 Å². The number of nitrogens with zero attached hydrogens (tertiary/aromatic N) is 3. The third-order valence-corrected chi connectivity index (χ3v) is 4.91. The van der Waals surface area contributed by atoms with Gasteiger partial charge in [-0.3, -0.25) is 4.79 Å². The number of amides is 1. The summed E-state index contributed by atoms with van der Waals surface area (Å²) in [6.07, 6.45) is 11.2. The van der Waals surface area contributed by atoms with Crippen molar-refractivity contribution in [2.24, 2.45) is 0 Å². The number of fused-ring (bicyclic) bond motifs is 1. The van der Waals surface area contributed by atoms with Crippen LogP contribution in [0.25, 0.3) is 0 Å². The smallest absolute Gasteiger partial charge is 0.233 e. The zero-order valence-corrected chi connectivity index (χ0v) is 14.4. The Kier molecular flexibility index (Phi) is 6.60. The van der Waals surface area contributed by atoms with Crippen LogP contribution in [0.5, 0.6) is 0 Å². The molecule has 1 aromatic heterocycles. The first-order chi connectivity index (χ1) is 11.8. The molecule has 1 fully saturated rings. The summed E-state index contributed by atoms with van der Waals surface area (Å²) in [6, 6.07) is 0.291. The van der Waals surface area contributed by atoms with Crippen LogP contribution in [-0.4, -0.2) is 52.5 Å². The number of carbonyl (C=O) groups is 1. The molecule has 3 rings (SSSR count). The molecule has 0 bridgehead atoms. The van der Waals surface area contributed by atoms with E-state index in [9.17, 15) is 4.79 Å². The van der Waals surface area contributed by atoms with Crippen LogP contribution in [0.15, 0.2) is 6.33 Å². The maximum atomic E-state index is 11.9. The maximum absolute atomic E-state index is 11.9. The number of nitrogens with one attached hydrogen (secondary N) is 2. The van der Waals surface area contributed by atoms with Gasteiger partial charge in [0.15, 0.2) is 0 Å². The van der Waals surface area contributed by atoms with E-state index in [0.717, 1.165) is 38.2 Å². The van der Waals surface area contributed by atoms with Crippen molar-refractivity contribution >= 4 is 5.91 Å². The maximum Gasteiger partial charge on any atom is 0.233 e. The SMILES string of the molecule is O=C(CN[C@H]1CCc2ncnn2C1)NCCCOC1CCCCC1. The van der Waals surface area contributed by atoms with Gasteiger partial charge in [-0.1, -0.05) is 19.3 Å². The molecule has 134 valence electrons. The highest BCUT2D eigenvalue weighted by Crippen LogP contribution is 2.20. The highest BCUT2D eigenvalue weighted by molar-refractivity contribution is 5.77. The number of aryl methyl sites for hydroxylation is 1. The summed E-state index contributed by atoms with van der Waals surface area (Å²) in [5, 5.41) is 10.5. The van der Waals surface area contributed by atoms with Crippen LogP contribution in [0.2, 0.25) is 0 Å². The largest absolute Gasteiger partial charge is 0.378 e. The number of ether oxygens (including phenoxy) is 1. The summed E-state index contributed by atoms with van der Waals surface area (Å²) < 4.78 is 7.78. The second-order valence-corrected chi connectivity index (χ2v) is 6.81. The standard InChI is InChI=1S/C17H29N5O2/c23-17(18-9-4-10-24-15-5-2-1-3-6-15)11-19-14-7-8-16-20-13-21-22(16)12-14/h13-15,19H,1-12H2,(H,18,23)/t14-/m0/s1. The lowest BCUT2D eigenvalue weighted by Crippen LogP contribution is -2.43. The molecule has 7 nitrogen and oxygen atoms in total. The molecule has 1 aliphatic heterocycles. The Bertz CT molecular complexity index is 513. The minimum atomic E-state index is 0.0528. The Morgan fingerprint density at radius 2 is 2.17 bits per heavy atom. The average molecular weight is 335 g/mol. The number of hydrogen-bond donors (Lipinski definition) is 2. The van der Waals surface area contributed by atoms with Gasteiger partial charge in [0, 0.05) is 25.6 Å². The minimum Gasteiger partial charge on any atom is -0.378 e. The third kappa shape index (κ3) is 5.27. The van der Waals surface area contributed by atoms with E-state index in [1.165, 1.54) is 32.1 Å². The zero-order valence-electron chi connectivity index (χ0n) is 14.4. The van der Waals surface area contributed by atoms with Gasteiger partial charge in [-0.2, -0.15) is 5.10 Å². The normalized spacial score (nSPS) is 21.4. The highest BCUT2D eigenvalue weighted by Gasteiger charge is 2.19. The molecular weight excluding hydrogens is 306 g/mol. The lowest BCUT2D eigenvalue weighted by Gasteiger charge is -2.23. The fourth-order valence-electron chi connectivity index (χ4n) is 3.49. The summed E-state index contributed by atoms with van der Waals surface area (Å²) in [4.78, 5) is 16.1. The molecule has 1 aliphatic carbocycles. The second kappa shape index (κ2) is 9.13. The van der Waals surface area contributed by atoms with E-state index in [0.29, 0.717) is 25.2 Å². The molecule has 0 spiro atoms. The number of hydrogen-bond acceptors (Lipinski definition) is 5. The number of rotatable bonds is 8. The van der Waals surface area contributed by atoms with Crippen LogP contribution in [0.1, 0.15) is 50.8 Å². The molecule has 7 heteroatoms. The predicted octanol–water partition coefficient (Wildman–Crippen LogP) is 1.04. The molecule has 2 heterocycles. The van der Waals surface area contributed by atoms with Crippen LogP contribution in [0.4, 0.5) is 0 Å². The van der Waals surface area contributed by atoms with Crippen molar-refractivity contribution in [1.29, 1.82) is 0 Å². The molecule has 2 aliphatic rings. The van der Waals surface area contributed by atoms with Gasteiger partial charge in [0.2, 0.25) is 5.91 Å². The molecule has 1 saturated carbocycles. The van der Waals surface area contributed by atoms with Crippen molar-refractivity contribution in [3.05, 3.63) is 12.2 Å². The van der Waals surface area contributed by atoms with Gasteiger partial charge in [0.25, 0.3) is 0 Å². The monoisotopic (exact) mass is 335 g/mol. The first kappa shape index (κ1) is 17.4. The summed E-state index contributed by atoms with van der Waals surface area (Å²) in [7, 11) is 0. The topological polar surface area (TPSA) is 81.1 Å². The minimum absolute atomic E-state index is 0.0528. The van der Waals surface area contributed by atoms with Crippen molar-refractivity contribution in [3.8, 4) is 0 Å². The average Bonchev–Trinajstić information content (AvgIpc) is 3.08. The van der Waals surface area contributed by atoms with Gasteiger partial charge in [0.1, 0.15) is 12.2 Å². The van der Waals surface area contributed by atoms with E-state index in [2.05, 4.69) is 20.7 Å². The molecule has 1 atom stereocenters. The third-order valence-electron chi connectivity index (χ3n) is 4.91. The lowest BCUT2D eigenvalue weighted by molar-refractivity contribution is -0.120. The summed E-state index contributed by atoms with van der Waals surface area (Å²) in [5.74, 6) is 1.09. The van der Waals surface area contributed by atoms with Gasteiger partial charge < -0.3 is 15.4 Å². The van der Waals surface area contributed by atoms with Crippen LogP contribution < -0.4 is 10.6 Å². The first-order valence-corrected chi connectivity index (χ1v) is 9.29. The summed E-state index contributed by atoms with van der Waals surface area (Å²) in [5.41, 5.74) is 0. The number of carbonyl (C=O) groups excluding carboxylic acids is 1.